The second-order valence-electron chi connectivity index (χ2n) is 3.95. The van der Waals surface area contributed by atoms with E-state index >= 15 is 0 Å². The van der Waals surface area contributed by atoms with Crippen molar-refractivity contribution < 1.29 is 9.47 Å². The van der Waals surface area contributed by atoms with Gasteiger partial charge in [-0.2, -0.15) is 0 Å². The van der Waals surface area contributed by atoms with Crippen molar-refractivity contribution in [1.29, 1.82) is 0 Å². The van der Waals surface area contributed by atoms with Crippen LogP contribution in [-0.4, -0.2) is 26.0 Å². The van der Waals surface area contributed by atoms with Gasteiger partial charge in [0.2, 0.25) is 11.8 Å². The first-order valence-corrected chi connectivity index (χ1v) is 6.19. The number of ether oxygens (including phenoxy) is 2. The Morgan fingerprint density at radius 3 is 1.30 bits per heavy atom. The maximum Gasteiger partial charge on any atom is 0.240 e. The highest BCUT2D eigenvalue weighted by atomic mass is 16.5. The van der Waals surface area contributed by atoms with Gasteiger partial charge in [0.05, 0.1) is 14.2 Å². The zero-order valence-electron chi connectivity index (χ0n) is 11.5. The summed E-state index contributed by atoms with van der Waals surface area (Å²) >= 11 is 0. The Hall–Kier alpha value is -2.62. The summed E-state index contributed by atoms with van der Waals surface area (Å²) in [7, 11) is 3.13. The lowest BCUT2D eigenvalue weighted by atomic mass is 10.2. The lowest BCUT2D eigenvalue weighted by Gasteiger charge is -2.04. The predicted octanol–water partition coefficient (Wildman–Crippen LogP) is 3.09. The lowest BCUT2D eigenvalue weighted by molar-refractivity contribution is 0.394. The van der Waals surface area contributed by atoms with Gasteiger partial charge in [0.25, 0.3) is 0 Å². The molecule has 0 saturated carbocycles. The van der Waals surface area contributed by atoms with E-state index in [9.17, 15) is 0 Å². The van der Waals surface area contributed by atoms with Crippen molar-refractivity contribution in [3.8, 4) is 0 Å². The van der Waals surface area contributed by atoms with Crippen LogP contribution in [0.2, 0.25) is 0 Å². The van der Waals surface area contributed by atoms with Gasteiger partial charge in [0.15, 0.2) is 0 Å². The normalized spacial score (nSPS) is 12.1. The van der Waals surface area contributed by atoms with Crippen LogP contribution < -0.4 is 0 Å². The molecule has 2 rings (SSSR count). The number of hydrogen-bond donors (Lipinski definition) is 0. The minimum Gasteiger partial charge on any atom is -0.479 e. The van der Waals surface area contributed by atoms with Crippen LogP contribution in [-0.2, 0) is 9.47 Å². The van der Waals surface area contributed by atoms with E-state index in [1.54, 1.807) is 14.2 Å². The molecule has 0 aliphatic rings. The zero-order chi connectivity index (χ0) is 14.2. The Bertz CT molecular complexity index is 537. The fourth-order valence-electron chi connectivity index (χ4n) is 1.69. The van der Waals surface area contributed by atoms with Crippen molar-refractivity contribution in [3.63, 3.8) is 0 Å². The molecule has 102 valence electrons. The Morgan fingerprint density at radius 2 is 1.00 bits per heavy atom. The molecule has 4 heteroatoms. The van der Waals surface area contributed by atoms with E-state index in [0.717, 1.165) is 11.1 Å². The molecule has 0 radical (unpaired) electrons. The molecular formula is C16H16N2O2. The van der Waals surface area contributed by atoms with Crippen LogP contribution in [0.25, 0.3) is 0 Å². The maximum absolute atomic E-state index is 5.25. The summed E-state index contributed by atoms with van der Waals surface area (Å²) in [5, 5.41) is 8.23. The smallest absolute Gasteiger partial charge is 0.240 e. The van der Waals surface area contributed by atoms with Crippen LogP contribution >= 0.6 is 0 Å². The highest BCUT2D eigenvalue weighted by molar-refractivity contribution is 5.97. The third kappa shape index (κ3) is 3.45. The van der Waals surface area contributed by atoms with Gasteiger partial charge >= 0.3 is 0 Å². The van der Waals surface area contributed by atoms with Crippen molar-refractivity contribution in [1.82, 2.24) is 0 Å². The third-order valence-corrected chi connectivity index (χ3v) is 2.66. The van der Waals surface area contributed by atoms with Gasteiger partial charge < -0.3 is 9.47 Å². The zero-order valence-corrected chi connectivity index (χ0v) is 11.5. The van der Waals surface area contributed by atoms with Gasteiger partial charge in [-0.1, -0.05) is 36.4 Å². The molecule has 0 fully saturated rings. The van der Waals surface area contributed by atoms with Gasteiger partial charge in [-0.05, 0) is 24.3 Å². The van der Waals surface area contributed by atoms with Crippen LogP contribution in [0.5, 0.6) is 0 Å². The average Bonchev–Trinajstić information content (AvgIpc) is 2.53. The summed E-state index contributed by atoms with van der Waals surface area (Å²) in [6.45, 7) is 0. The van der Waals surface area contributed by atoms with Crippen molar-refractivity contribution in [2.45, 2.75) is 0 Å². The second kappa shape index (κ2) is 7.09. The Labute approximate surface area is 118 Å². The molecule has 0 aliphatic heterocycles. The molecule has 0 saturated heterocycles. The summed E-state index contributed by atoms with van der Waals surface area (Å²) < 4.78 is 10.5. The second-order valence-corrected chi connectivity index (χ2v) is 3.95. The lowest BCUT2D eigenvalue weighted by Crippen LogP contribution is -2.06. The minimum atomic E-state index is 0.441. The molecular weight excluding hydrogens is 252 g/mol. The van der Waals surface area contributed by atoms with E-state index in [2.05, 4.69) is 10.2 Å². The standard InChI is InChI=1S/C16H16N2O2/c1-19-15(13-9-5-3-6-10-13)17-18-16(20-2)14-11-7-4-8-12-14/h3-12H,1-2H3. The Kier molecular flexibility index (Phi) is 4.89. The molecule has 2 aromatic carbocycles. The topological polar surface area (TPSA) is 43.2 Å². The van der Waals surface area contributed by atoms with Gasteiger partial charge in [0, 0.05) is 11.1 Å². The molecule has 0 spiro atoms. The van der Waals surface area contributed by atoms with Crippen molar-refractivity contribution >= 4 is 11.8 Å². The average molecular weight is 268 g/mol. The van der Waals surface area contributed by atoms with Crippen molar-refractivity contribution in [2.24, 2.45) is 10.2 Å². The molecule has 0 N–H and O–H groups in total. The van der Waals surface area contributed by atoms with Crippen LogP contribution in [0.4, 0.5) is 0 Å². The summed E-state index contributed by atoms with van der Waals surface area (Å²) in [5.41, 5.74) is 1.73. The fraction of sp³-hybridized carbons (Fsp3) is 0.125. The number of benzene rings is 2. The predicted molar refractivity (Wildman–Crippen MR) is 80.0 cm³/mol. The molecule has 4 nitrogen and oxygen atoms in total. The summed E-state index contributed by atoms with van der Waals surface area (Å²) in [6, 6.07) is 19.2. The van der Waals surface area contributed by atoms with Crippen LogP contribution in [0.3, 0.4) is 0 Å². The first-order valence-electron chi connectivity index (χ1n) is 6.19. The van der Waals surface area contributed by atoms with Gasteiger partial charge in [0.1, 0.15) is 0 Å². The van der Waals surface area contributed by atoms with Gasteiger partial charge in [-0.15, -0.1) is 10.2 Å². The molecule has 0 aliphatic carbocycles. The van der Waals surface area contributed by atoms with Crippen molar-refractivity contribution in [2.75, 3.05) is 14.2 Å². The Morgan fingerprint density at radius 1 is 0.650 bits per heavy atom. The molecule has 0 unspecified atom stereocenters. The monoisotopic (exact) mass is 268 g/mol. The van der Waals surface area contributed by atoms with E-state index in [0.29, 0.717) is 11.8 Å². The van der Waals surface area contributed by atoms with Gasteiger partial charge in [-0.3, -0.25) is 0 Å². The number of methoxy groups -OCH3 is 2. The maximum atomic E-state index is 5.25. The molecule has 0 aromatic heterocycles. The van der Waals surface area contributed by atoms with Crippen LogP contribution in [0.15, 0.2) is 70.9 Å². The molecule has 0 amide bonds. The van der Waals surface area contributed by atoms with E-state index in [4.69, 9.17) is 9.47 Å². The fourth-order valence-corrected chi connectivity index (χ4v) is 1.69. The quantitative estimate of drug-likeness (QED) is 0.488. The number of rotatable bonds is 3. The third-order valence-electron chi connectivity index (χ3n) is 2.66. The number of hydrogen-bond acceptors (Lipinski definition) is 4. The Balaban J connectivity index is 2.30. The van der Waals surface area contributed by atoms with Crippen LogP contribution in [0, 0.1) is 0 Å². The highest BCUT2D eigenvalue weighted by Gasteiger charge is 2.04. The molecule has 2 aromatic rings. The molecule has 0 atom stereocenters. The minimum absolute atomic E-state index is 0.441. The first-order chi connectivity index (χ1) is 9.85. The molecule has 20 heavy (non-hydrogen) atoms. The highest BCUT2D eigenvalue weighted by Crippen LogP contribution is 2.05. The number of nitrogens with zero attached hydrogens (tertiary/aromatic N) is 2. The SMILES string of the molecule is COC(=NN=C(OC)c1ccccc1)c1ccccc1. The van der Waals surface area contributed by atoms with E-state index < -0.39 is 0 Å². The van der Waals surface area contributed by atoms with Gasteiger partial charge in [-0.25, -0.2) is 0 Å². The first kappa shape index (κ1) is 13.8. The van der Waals surface area contributed by atoms with Crippen molar-refractivity contribution in [3.05, 3.63) is 71.8 Å². The largest absolute Gasteiger partial charge is 0.479 e. The summed E-state index contributed by atoms with van der Waals surface area (Å²) in [6.07, 6.45) is 0. The summed E-state index contributed by atoms with van der Waals surface area (Å²) in [5.74, 6) is 0.882. The molecule has 0 bridgehead atoms. The van der Waals surface area contributed by atoms with E-state index in [1.807, 2.05) is 60.7 Å². The van der Waals surface area contributed by atoms with Crippen LogP contribution in [0.1, 0.15) is 11.1 Å². The van der Waals surface area contributed by atoms with E-state index in [-0.39, 0.29) is 0 Å². The van der Waals surface area contributed by atoms with E-state index in [1.165, 1.54) is 0 Å². The summed E-state index contributed by atoms with van der Waals surface area (Å²) in [4.78, 5) is 0. The molecule has 0 heterocycles.